The van der Waals surface area contributed by atoms with Crippen LogP contribution < -0.4 is 4.74 Å². The van der Waals surface area contributed by atoms with E-state index >= 15 is 0 Å². The highest BCUT2D eigenvalue weighted by Crippen LogP contribution is 2.32. The maximum Gasteiger partial charge on any atom is 0.302 e. The van der Waals surface area contributed by atoms with E-state index in [0.717, 1.165) is 12.0 Å². The summed E-state index contributed by atoms with van der Waals surface area (Å²) in [6, 6.07) is 12.9. The zero-order valence-corrected chi connectivity index (χ0v) is 14.5. The third-order valence-corrected chi connectivity index (χ3v) is 3.96. The van der Waals surface area contributed by atoms with Crippen LogP contribution in [0.25, 0.3) is 0 Å². The molecule has 0 aliphatic heterocycles. The average molecular weight is 353 g/mol. The Morgan fingerprint density at radius 1 is 1.13 bits per heavy atom. The first-order valence-electron chi connectivity index (χ1n) is 7.32. The number of esters is 1. The van der Waals surface area contributed by atoms with Crippen LogP contribution in [0.15, 0.2) is 42.5 Å². The van der Waals surface area contributed by atoms with Gasteiger partial charge in [0.15, 0.2) is 0 Å². The van der Waals surface area contributed by atoms with Gasteiger partial charge in [0.05, 0.1) is 11.6 Å². The fourth-order valence-electron chi connectivity index (χ4n) is 2.10. The molecule has 0 aliphatic carbocycles. The Morgan fingerprint density at radius 2 is 1.83 bits per heavy atom. The molecule has 0 fully saturated rings. The van der Waals surface area contributed by atoms with Crippen molar-refractivity contribution in [3.63, 3.8) is 0 Å². The van der Waals surface area contributed by atoms with Crippen molar-refractivity contribution in [3.8, 4) is 11.5 Å². The van der Waals surface area contributed by atoms with Gasteiger partial charge in [-0.1, -0.05) is 42.3 Å². The Bertz CT molecular complexity index is 668. The average Bonchev–Trinajstić information content (AvgIpc) is 2.50. The molecule has 0 N–H and O–H groups in total. The number of carbonyl (C=O) groups excluding carboxylic acids is 1. The van der Waals surface area contributed by atoms with Crippen molar-refractivity contribution in [3.05, 3.63) is 58.1 Å². The van der Waals surface area contributed by atoms with Crippen molar-refractivity contribution < 1.29 is 14.3 Å². The maximum absolute atomic E-state index is 10.8. The number of benzene rings is 2. The zero-order chi connectivity index (χ0) is 16.8. The molecule has 1 unspecified atom stereocenters. The molecule has 1 atom stereocenters. The Labute approximate surface area is 146 Å². The minimum atomic E-state index is -0.249. The topological polar surface area (TPSA) is 35.5 Å². The van der Waals surface area contributed by atoms with Crippen molar-refractivity contribution in [1.82, 2.24) is 0 Å². The standard InChI is InChI=1S/C18H18Cl2O3/c1-12(9-10-22-13(2)21)14-3-6-16(7-4-14)23-18-8-5-15(19)11-17(18)20/h3-8,11-12H,9-10H2,1-2H3. The molecule has 23 heavy (non-hydrogen) atoms. The Hall–Kier alpha value is -1.71. The molecular weight excluding hydrogens is 335 g/mol. The minimum absolute atomic E-state index is 0.249. The number of hydrogen-bond acceptors (Lipinski definition) is 3. The second kappa shape index (κ2) is 8.23. The van der Waals surface area contributed by atoms with E-state index in [0.29, 0.717) is 34.1 Å². The van der Waals surface area contributed by atoms with Crippen LogP contribution in [0.2, 0.25) is 10.0 Å². The van der Waals surface area contributed by atoms with Crippen LogP contribution in [0.1, 0.15) is 31.7 Å². The first kappa shape index (κ1) is 17.6. The first-order valence-corrected chi connectivity index (χ1v) is 8.07. The fourth-order valence-corrected chi connectivity index (χ4v) is 2.54. The highest BCUT2D eigenvalue weighted by molar-refractivity contribution is 6.35. The first-order chi connectivity index (χ1) is 11.0. The van der Waals surface area contributed by atoms with Crippen LogP contribution >= 0.6 is 23.2 Å². The molecule has 0 heterocycles. The van der Waals surface area contributed by atoms with Gasteiger partial charge in [0, 0.05) is 11.9 Å². The summed E-state index contributed by atoms with van der Waals surface area (Å²) in [5.41, 5.74) is 1.16. The summed E-state index contributed by atoms with van der Waals surface area (Å²) in [6.45, 7) is 3.93. The smallest absolute Gasteiger partial charge is 0.302 e. The summed E-state index contributed by atoms with van der Waals surface area (Å²) < 4.78 is 10.7. The molecule has 2 rings (SSSR count). The van der Waals surface area contributed by atoms with Crippen molar-refractivity contribution in [1.29, 1.82) is 0 Å². The largest absolute Gasteiger partial charge is 0.466 e. The quantitative estimate of drug-likeness (QED) is 0.612. The molecule has 0 aliphatic rings. The highest BCUT2D eigenvalue weighted by Gasteiger charge is 2.08. The molecule has 0 saturated heterocycles. The Morgan fingerprint density at radius 3 is 2.43 bits per heavy atom. The van der Waals surface area contributed by atoms with E-state index in [1.165, 1.54) is 6.92 Å². The van der Waals surface area contributed by atoms with Crippen molar-refractivity contribution in [2.24, 2.45) is 0 Å². The van der Waals surface area contributed by atoms with Crippen LogP contribution in [0.4, 0.5) is 0 Å². The summed E-state index contributed by atoms with van der Waals surface area (Å²) in [6.07, 6.45) is 0.781. The van der Waals surface area contributed by atoms with Gasteiger partial charge in [0.1, 0.15) is 11.5 Å². The van der Waals surface area contributed by atoms with E-state index in [-0.39, 0.29) is 5.97 Å². The lowest BCUT2D eigenvalue weighted by Gasteiger charge is -2.13. The number of carbonyl (C=O) groups is 1. The molecule has 2 aromatic carbocycles. The molecule has 0 aromatic heterocycles. The van der Waals surface area contributed by atoms with Gasteiger partial charge in [-0.3, -0.25) is 4.79 Å². The van der Waals surface area contributed by atoms with Gasteiger partial charge < -0.3 is 9.47 Å². The lowest BCUT2D eigenvalue weighted by atomic mass is 9.98. The molecule has 0 amide bonds. The summed E-state index contributed by atoms with van der Waals surface area (Å²) in [4.78, 5) is 10.8. The van der Waals surface area contributed by atoms with E-state index < -0.39 is 0 Å². The molecule has 5 heteroatoms. The molecule has 0 spiro atoms. The van der Waals surface area contributed by atoms with Crippen LogP contribution in [-0.4, -0.2) is 12.6 Å². The van der Waals surface area contributed by atoms with Crippen molar-refractivity contribution >= 4 is 29.2 Å². The summed E-state index contributed by atoms with van der Waals surface area (Å²) in [5, 5.41) is 1.04. The minimum Gasteiger partial charge on any atom is -0.466 e. The molecule has 0 saturated carbocycles. The number of halogens is 2. The molecule has 122 valence electrons. The normalized spacial score (nSPS) is 11.8. The van der Waals surface area contributed by atoms with Crippen LogP contribution in [0, 0.1) is 0 Å². The van der Waals surface area contributed by atoms with Gasteiger partial charge in [0.25, 0.3) is 0 Å². The third-order valence-electron chi connectivity index (χ3n) is 3.43. The van der Waals surface area contributed by atoms with Crippen LogP contribution in [0.3, 0.4) is 0 Å². The lowest BCUT2D eigenvalue weighted by Crippen LogP contribution is -2.04. The molecule has 2 aromatic rings. The van der Waals surface area contributed by atoms with E-state index in [1.807, 2.05) is 24.3 Å². The van der Waals surface area contributed by atoms with Gasteiger partial charge in [-0.25, -0.2) is 0 Å². The van der Waals surface area contributed by atoms with Gasteiger partial charge in [-0.2, -0.15) is 0 Å². The van der Waals surface area contributed by atoms with Gasteiger partial charge in [-0.05, 0) is 48.2 Å². The molecule has 0 radical (unpaired) electrons. The second-order valence-corrected chi connectivity index (χ2v) is 6.12. The number of rotatable bonds is 6. The zero-order valence-electron chi connectivity index (χ0n) is 13.0. The van der Waals surface area contributed by atoms with Gasteiger partial charge in [0.2, 0.25) is 0 Å². The predicted molar refractivity (Wildman–Crippen MR) is 92.6 cm³/mol. The maximum atomic E-state index is 10.8. The lowest BCUT2D eigenvalue weighted by molar-refractivity contribution is -0.141. The molecule has 0 bridgehead atoms. The highest BCUT2D eigenvalue weighted by atomic mass is 35.5. The van der Waals surface area contributed by atoms with Crippen molar-refractivity contribution in [2.45, 2.75) is 26.2 Å². The summed E-state index contributed by atoms with van der Waals surface area (Å²) >= 11 is 12.0. The molecular formula is C18H18Cl2O3. The Balaban J connectivity index is 1.97. The fraction of sp³-hybridized carbons (Fsp3) is 0.278. The van der Waals surface area contributed by atoms with E-state index in [2.05, 4.69) is 6.92 Å². The SMILES string of the molecule is CC(=O)OCCC(C)c1ccc(Oc2ccc(Cl)cc2Cl)cc1. The van der Waals surface area contributed by atoms with Crippen molar-refractivity contribution in [2.75, 3.05) is 6.61 Å². The summed E-state index contributed by atoms with van der Waals surface area (Å²) in [5.74, 6) is 1.31. The van der Waals surface area contributed by atoms with E-state index in [4.69, 9.17) is 32.7 Å². The van der Waals surface area contributed by atoms with E-state index in [1.54, 1.807) is 18.2 Å². The van der Waals surface area contributed by atoms with Crippen LogP contribution in [-0.2, 0) is 9.53 Å². The van der Waals surface area contributed by atoms with Crippen LogP contribution in [0.5, 0.6) is 11.5 Å². The number of ether oxygens (including phenoxy) is 2. The summed E-state index contributed by atoms with van der Waals surface area (Å²) in [7, 11) is 0. The van der Waals surface area contributed by atoms with Gasteiger partial charge in [-0.15, -0.1) is 0 Å². The molecule has 3 nitrogen and oxygen atoms in total. The number of hydrogen-bond donors (Lipinski definition) is 0. The third kappa shape index (κ3) is 5.45. The second-order valence-electron chi connectivity index (χ2n) is 5.28. The predicted octanol–water partition coefficient (Wildman–Crippen LogP) is 5.84. The van der Waals surface area contributed by atoms with E-state index in [9.17, 15) is 4.79 Å². The monoisotopic (exact) mass is 352 g/mol. The Kier molecular flexibility index (Phi) is 6.31. The van der Waals surface area contributed by atoms with Gasteiger partial charge >= 0.3 is 5.97 Å².